The number of halogens is 1. The summed E-state index contributed by atoms with van der Waals surface area (Å²) in [6, 6.07) is 2.60. The molecule has 1 aromatic carbocycles. The molecule has 0 saturated carbocycles. The van der Waals surface area contributed by atoms with Gasteiger partial charge in [0.05, 0.1) is 31.7 Å². The summed E-state index contributed by atoms with van der Waals surface area (Å²) in [5.74, 6) is -0.888. The van der Waals surface area contributed by atoms with E-state index in [0.29, 0.717) is 30.0 Å². The molecule has 2 N–H and O–H groups in total. The van der Waals surface area contributed by atoms with Crippen molar-refractivity contribution in [3.8, 4) is 5.75 Å². The van der Waals surface area contributed by atoms with E-state index in [4.69, 9.17) is 35.3 Å². The van der Waals surface area contributed by atoms with Gasteiger partial charge in [0.1, 0.15) is 46.3 Å². The summed E-state index contributed by atoms with van der Waals surface area (Å²) >= 11 is 6.78. The van der Waals surface area contributed by atoms with Crippen molar-refractivity contribution in [2.75, 3.05) is 51.8 Å². The molecule has 58 heavy (non-hydrogen) atoms. The molecule has 0 aliphatic carbocycles. The van der Waals surface area contributed by atoms with E-state index >= 15 is 0 Å². The average Bonchev–Trinajstić information content (AvgIpc) is 3.89. The number of amides is 3. The number of benzene rings is 1. The smallest absolute Gasteiger partial charge is 0.328 e. The number of likely N-dealkylation sites (N-methyl/N-ethyl adjacent to an activating group) is 1. The molecule has 0 spiro atoms. The molecular formula is C41H58ClN3O11S2. The standard InChI is InChI=1S/C41H58ClN3O11S2/c1-24-12-10-13-31(53-9)41(51)22-30(54-36(49)23-41)25(2)38-40(4,56-38)32(21-35(48)45(7)28-19-27(18-24)20-29(52-8)37(28)42)55-39(50)26(3)44(6)34(47)15-17-58-57-16-11-14-33(46)43-5/h10,12-13,19-20,25-26,30-32,38,51H,11,14-18,21-23H2,1-9H3,(H,43,46)/b13-10+,24-12+/t25-,26+,30+,31?,32+,38+,40+,41-/m0/s1. The zero-order valence-electron chi connectivity index (χ0n) is 34.8. The maximum Gasteiger partial charge on any atom is 0.328 e. The van der Waals surface area contributed by atoms with E-state index < -0.39 is 65.4 Å². The number of epoxide rings is 1. The number of carbonyl (C=O) groups is 5. The summed E-state index contributed by atoms with van der Waals surface area (Å²) in [4.78, 5) is 68.4. The van der Waals surface area contributed by atoms with Crippen molar-refractivity contribution in [2.24, 2.45) is 5.92 Å². The first-order valence-corrected chi connectivity index (χ1v) is 22.3. The molecule has 8 atom stereocenters. The lowest BCUT2D eigenvalue weighted by Crippen LogP contribution is -2.53. The third-order valence-electron chi connectivity index (χ3n) is 11.2. The topological polar surface area (TPSA) is 174 Å². The zero-order valence-corrected chi connectivity index (χ0v) is 37.2. The number of hydrogen-bond acceptors (Lipinski definition) is 13. The molecule has 3 aliphatic heterocycles. The number of carbonyl (C=O) groups excluding carboxylic acids is 5. The highest BCUT2D eigenvalue weighted by molar-refractivity contribution is 8.76. The van der Waals surface area contributed by atoms with E-state index in [9.17, 15) is 29.1 Å². The van der Waals surface area contributed by atoms with Gasteiger partial charge in [0, 0.05) is 64.9 Å². The maximum atomic E-state index is 14.2. The minimum atomic E-state index is -1.59. The van der Waals surface area contributed by atoms with Gasteiger partial charge < -0.3 is 43.9 Å². The molecule has 17 heteroatoms. The van der Waals surface area contributed by atoms with Gasteiger partial charge >= 0.3 is 11.9 Å². The minimum absolute atomic E-state index is 0.0141. The quantitative estimate of drug-likeness (QED) is 0.117. The lowest BCUT2D eigenvalue weighted by atomic mass is 9.78. The molecule has 2 fully saturated rings. The molecule has 4 bridgehead atoms. The highest BCUT2D eigenvalue weighted by Crippen LogP contribution is 2.50. The average molecular weight is 869 g/mol. The minimum Gasteiger partial charge on any atom is -0.495 e. The van der Waals surface area contributed by atoms with Crippen LogP contribution in [0.5, 0.6) is 5.75 Å². The number of hydrogen-bond donors (Lipinski definition) is 2. The van der Waals surface area contributed by atoms with Crippen molar-refractivity contribution in [1.29, 1.82) is 0 Å². The molecule has 3 amide bonds. The molecule has 3 aliphatic rings. The lowest BCUT2D eigenvalue weighted by Gasteiger charge is -2.41. The van der Waals surface area contributed by atoms with Gasteiger partial charge in [0.2, 0.25) is 17.7 Å². The number of aliphatic hydroxyl groups is 1. The highest BCUT2D eigenvalue weighted by atomic mass is 35.5. The van der Waals surface area contributed by atoms with Crippen molar-refractivity contribution in [1.82, 2.24) is 10.2 Å². The van der Waals surface area contributed by atoms with Crippen LogP contribution >= 0.6 is 33.2 Å². The number of allylic oxidation sites excluding steroid dienone is 3. The van der Waals surface area contributed by atoms with Crippen LogP contribution in [0.3, 0.4) is 0 Å². The van der Waals surface area contributed by atoms with Crippen LogP contribution in [-0.2, 0) is 49.3 Å². The van der Waals surface area contributed by atoms with Crippen molar-refractivity contribution in [3.05, 3.63) is 46.5 Å². The Morgan fingerprint density at radius 3 is 2.55 bits per heavy atom. The Morgan fingerprint density at radius 1 is 1.17 bits per heavy atom. The van der Waals surface area contributed by atoms with Gasteiger partial charge in [-0.15, -0.1) is 0 Å². The number of fused-ring (bicyclic) bond motifs is 5. The number of esters is 2. The Hall–Kier alpha value is -3.28. The summed E-state index contributed by atoms with van der Waals surface area (Å²) in [7, 11) is 10.8. The third kappa shape index (κ3) is 11.7. The van der Waals surface area contributed by atoms with E-state index in [1.54, 1.807) is 63.0 Å². The fourth-order valence-electron chi connectivity index (χ4n) is 7.31. The first-order chi connectivity index (χ1) is 27.4. The Morgan fingerprint density at radius 2 is 1.88 bits per heavy atom. The van der Waals surface area contributed by atoms with Gasteiger partial charge in [-0.1, -0.05) is 63.9 Å². The van der Waals surface area contributed by atoms with Crippen LogP contribution in [0.1, 0.15) is 71.8 Å². The predicted molar refractivity (Wildman–Crippen MR) is 225 cm³/mol. The van der Waals surface area contributed by atoms with Crippen LogP contribution in [0.25, 0.3) is 0 Å². The molecule has 2 saturated heterocycles. The Labute approximate surface area is 354 Å². The fourth-order valence-corrected chi connectivity index (χ4v) is 9.69. The van der Waals surface area contributed by atoms with Gasteiger partial charge in [0.15, 0.2) is 0 Å². The number of methoxy groups -OCH3 is 2. The summed E-state index contributed by atoms with van der Waals surface area (Å²) in [6.07, 6.45) is 3.22. The van der Waals surface area contributed by atoms with Gasteiger partial charge in [-0.3, -0.25) is 19.2 Å². The Kier molecular flexibility index (Phi) is 17.0. The summed E-state index contributed by atoms with van der Waals surface area (Å²) in [5.41, 5.74) is -0.659. The first kappa shape index (κ1) is 47.4. The number of nitrogens with zero attached hydrogens (tertiary/aromatic N) is 2. The Bertz CT molecular complexity index is 1750. The molecular weight excluding hydrogens is 810 g/mol. The first-order valence-electron chi connectivity index (χ1n) is 19.4. The molecule has 322 valence electrons. The van der Waals surface area contributed by atoms with E-state index in [0.717, 1.165) is 23.3 Å². The highest BCUT2D eigenvalue weighted by Gasteiger charge is 2.64. The Balaban J connectivity index is 1.61. The van der Waals surface area contributed by atoms with Crippen molar-refractivity contribution in [3.63, 3.8) is 0 Å². The number of anilines is 1. The van der Waals surface area contributed by atoms with Crippen molar-refractivity contribution < 1.29 is 52.8 Å². The van der Waals surface area contributed by atoms with Crippen molar-refractivity contribution >= 4 is 68.5 Å². The van der Waals surface area contributed by atoms with E-state index in [1.165, 1.54) is 41.9 Å². The number of ether oxygens (including phenoxy) is 5. The van der Waals surface area contributed by atoms with Gasteiger partial charge in [-0.2, -0.15) is 0 Å². The molecule has 1 aromatic rings. The van der Waals surface area contributed by atoms with Gasteiger partial charge in [-0.25, -0.2) is 4.79 Å². The van der Waals surface area contributed by atoms with Crippen molar-refractivity contribution in [2.45, 2.75) is 114 Å². The van der Waals surface area contributed by atoms with Gasteiger partial charge in [0.25, 0.3) is 0 Å². The number of nitrogens with one attached hydrogen (secondary N) is 1. The van der Waals surface area contributed by atoms with Gasteiger partial charge in [-0.05, 0) is 51.3 Å². The summed E-state index contributed by atoms with van der Waals surface area (Å²) in [5, 5.41) is 14.7. The second-order valence-electron chi connectivity index (χ2n) is 15.4. The van der Waals surface area contributed by atoms with Crippen LogP contribution < -0.4 is 15.0 Å². The SMILES string of the molecule is CNC(=O)CCCSSCCC(=O)N(C)[C@H](C)C(=O)O[C@@H]1CC(=O)N(C)c2cc(cc(OC)c2Cl)C/C(C)=C/C=C/C(OC)[C@@]2(O)CC(=O)O[C@H](C2)[C@H](C)[C@H]2O[C@@]21C. The monoisotopic (exact) mass is 867 g/mol. The van der Waals surface area contributed by atoms with Crippen LogP contribution in [0.15, 0.2) is 35.9 Å². The lowest BCUT2D eigenvalue weighted by molar-refractivity contribution is -0.187. The maximum absolute atomic E-state index is 14.2. The molecule has 3 heterocycles. The largest absolute Gasteiger partial charge is 0.495 e. The fraction of sp³-hybridized carbons (Fsp3) is 0.634. The summed E-state index contributed by atoms with van der Waals surface area (Å²) < 4.78 is 29.5. The van der Waals surface area contributed by atoms with Crippen LogP contribution in [-0.4, -0.2) is 128 Å². The predicted octanol–water partition coefficient (Wildman–Crippen LogP) is 5.06. The molecule has 14 nitrogen and oxygen atoms in total. The second-order valence-corrected chi connectivity index (χ2v) is 18.5. The molecule has 0 radical (unpaired) electrons. The molecule has 0 aromatic heterocycles. The number of rotatable bonds is 13. The molecule has 4 rings (SSSR count). The third-order valence-corrected chi connectivity index (χ3v) is 14.0. The van der Waals surface area contributed by atoms with Crippen LogP contribution in [0.2, 0.25) is 5.02 Å². The van der Waals surface area contributed by atoms with E-state index in [1.807, 2.05) is 19.9 Å². The summed E-state index contributed by atoms with van der Waals surface area (Å²) in [6.45, 7) is 7.05. The molecule has 1 unspecified atom stereocenters. The second kappa shape index (κ2) is 20.8. The zero-order chi connectivity index (χ0) is 42.9. The van der Waals surface area contributed by atoms with E-state index in [2.05, 4.69) is 5.32 Å². The van der Waals surface area contributed by atoms with Crippen LogP contribution in [0, 0.1) is 5.92 Å². The normalized spacial score (nSPS) is 29.5. The van der Waals surface area contributed by atoms with Crippen LogP contribution in [0.4, 0.5) is 5.69 Å². The van der Waals surface area contributed by atoms with E-state index in [-0.39, 0.29) is 42.5 Å².